The summed E-state index contributed by atoms with van der Waals surface area (Å²) in [5, 5.41) is 3.59. The summed E-state index contributed by atoms with van der Waals surface area (Å²) >= 11 is 0. The Bertz CT molecular complexity index is 967. The molecule has 37 heavy (non-hydrogen) atoms. The van der Waals surface area contributed by atoms with Gasteiger partial charge in [0.1, 0.15) is 5.60 Å². The van der Waals surface area contributed by atoms with E-state index in [1.165, 1.54) is 0 Å². The maximum absolute atomic E-state index is 13.7. The van der Waals surface area contributed by atoms with Crippen LogP contribution >= 0.6 is 0 Å². The van der Waals surface area contributed by atoms with Gasteiger partial charge in [-0.3, -0.25) is 4.79 Å². The quantitative estimate of drug-likeness (QED) is 0.517. The smallest absolute Gasteiger partial charge is 0.410 e. The van der Waals surface area contributed by atoms with Gasteiger partial charge in [-0.1, -0.05) is 19.9 Å². The van der Waals surface area contributed by atoms with Gasteiger partial charge in [-0.15, -0.1) is 0 Å². The summed E-state index contributed by atoms with van der Waals surface area (Å²) in [5.74, 6) is -3.06. The number of hydrogen-bond acceptors (Lipinski definition) is 5. The van der Waals surface area contributed by atoms with E-state index in [0.29, 0.717) is 44.5 Å². The minimum absolute atomic E-state index is 0.0177. The van der Waals surface area contributed by atoms with Crippen LogP contribution in [0.15, 0.2) is 18.2 Å². The standard InChI is InChI=1S/C28H43F2N3O4/c1-26(2,3)37-25(35)33(17-18-9-11-28(29,30)12-10-18)14-13-32-23-22(36-6)16-19-7-8-20(24(31)34)15-21(19)27(23,4)5/h7-8,15,18,22-23,32H,9-14,16-17H2,1-6H3,(H2,31,34). The zero-order valence-corrected chi connectivity index (χ0v) is 23.0. The van der Waals surface area contributed by atoms with E-state index in [1.807, 2.05) is 32.9 Å². The topological polar surface area (TPSA) is 93.9 Å². The van der Waals surface area contributed by atoms with Crippen molar-refractivity contribution in [1.82, 2.24) is 10.2 Å². The van der Waals surface area contributed by atoms with Crippen molar-refractivity contribution in [3.63, 3.8) is 0 Å². The molecule has 3 N–H and O–H groups in total. The second kappa shape index (κ2) is 11.2. The van der Waals surface area contributed by atoms with Gasteiger partial charge >= 0.3 is 6.09 Å². The Labute approximate surface area is 219 Å². The van der Waals surface area contributed by atoms with Crippen LogP contribution in [0, 0.1) is 5.92 Å². The van der Waals surface area contributed by atoms with Gasteiger partial charge in [-0.05, 0) is 62.8 Å². The molecule has 2 unspecified atom stereocenters. The van der Waals surface area contributed by atoms with E-state index in [-0.39, 0.29) is 36.3 Å². The van der Waals surface area contributed by atoms with Crippen molar-refractivity contribution >= 4 is 12.0 Å². The lowest BCUT2D eigenvalue weighted by atomic mass is 9.67. The number of primary amides is 1. The molecular formula is C28H43F2N3O4. The lowest BCUT2D eigenvalue weighted by molar-refractivity contribution is -0.0495. The number of fused-ring (bicyclic) bond motifs is 1. The number of rotatable bonds is 8. The van der Waals surface area contributed by atoms with Gasteiger partial charge < -0.3 is 25.4 Å². The van der Waals surface area contributed by atoms with E-state index in [9.17, 15) is 18.4 Å². The van der Waals surface area contributed by atoms with Gasteiger partial charge in [0, 0.05) is 63.0 Å². The number of nitrogens with one attached hydrogen (secondary N) is 1. The summed E-state index contributed by atoms with van der Waals surface area (Å²) in [7, 11) is 1.68. The van der Waals surface area contributed by atoms with Gasteiger partial charge in [-0.2, -0.15) is 0 Å². The lowest BCUT2D eigenvalue weighted by Gasteiger charge is -2.45. The van der Waals surface area contributed by atoms with Crippen LogP contribution in [-0.2, 0) is 21.3 Å². The zero-order valence-electron chi connectivity index (χ0n) is 23.0. The highest BCUT2D eigenvalue weighted by Crippen LogP contribution is 2.39. The van der Waals surface area contributed by atoms with Crippen molar-refractivity contribution in [1.29, 1.82) is 0 Å². The van der Waals surface area contributed by atoms with Gasteiger partial charge in [-0.25, -0.2) is 13.6 Å². The highest BCUT2D eigenvalue weighted by atomic mass is 19.3. The van der Waals surface area contributed by atoms with Gasteiger partial charge in [0.05, 0.1) is 6.10 Å². The third-order valence-corrected chi connectivity index (χ3v) is 7.67. The van der Waals surface area contributed by atoms with Crippen molar-refractivity contribution < 1.29 is 27.8 Å². The van der Waals surface area contributed by atoms with Crippen LogP contribution in [0.1, 0.15) is 81.8 Å². The number of nitrogens with two attached hydrogens (primary N) is 1. The van der Waals surface area contributed by atoms with Crippen LogP contribution in [-0.4, -0.2) is 67.3 Å². The molecular weight excluding hydrogens is 480 g/mol. The Morgan fingerprint density at radius 1 is 1.19 bits per heavy atom. The van der Waals surface area contributed by atoms with Crippen molar-refractivity contribution in [2.45, 2.75) is 95.8 Å². The third kappa shape index (κ3) is 7.41. The number of hydrogen-bond donors (Lipinski definition) is 2. The maximum atomic E-state index is 13.7. The van der Waals surface area contributed by atoms with Crippen LogP contribution in [0.2, 0.25) is 0 Å². The van der Waals surface area contributed by atoms with Gasteiger partial charge in [0.15, 0.2) is 0 Å². The molecule has 2 aliphatic rings. The summed E-state index contributed by atoms with van der Waals surface area (Å²) in [4.78, 5) is 26.5. The monoisotopic (exact) mass is 523 g/mol. The summed E-state index contributed by atoms with van der Waals surface area (Å²) < 4.78 is 38.8. The second-order valence-corrected chi connectivity index (χ2v) is 12.1. The Balaban J connectivity index is 1.73. The van der Waals surface area contributed by atoms with Crippen LogP contribution in [0.3, 0.4) is 0 Å². The molecule has 208 valence electrons. The van der Waals surface area contributed by atoms with Crippen molar-refractivity contribution in [3.8, 4) is 0 Å². The Morgan fingerprint density at radius 3 is 2.41 bits per heavy atom. The zero-order chi connectivity index (χ0) is 27.6. The highest BCUT2D eigenvalue weighted by Gasteiger charge is 2.43. The number of carbonyl (C=O) groups excluding carboxylic acids is 2. The van der Waals surface area contributed by atoms with E-state index >= 15 is 0 Å². The summed E-state index contributed by atoms with van der Waals surface area (Å²) in [5.41, 5.74) is 7.12. The molecule has 2 aliphatic carbocycles. The number of carbonyl (C=O) groups is 2. The Kier molecular flexibility index (Phi) is 8.90. The number of nitrogens with zero attached hydrogens (tertiary/aromatic N) is 1. The Morgan fingerprint density at radius 2 is 1.84 bits per heavy atom. The molecule has 1 aromatic rings. The molecule has 0 spiro atoms. The molecule has 2 atom stereocenters. The maximum Gasteiger partial charge on any atom is 0.410 e. The second-order valence-electron chi connectivity index (χ2n) is 12.1. The first-order chi connectivity index (χ1) is 17.1. The van der Waals surface area contributed by atoms with E-state index < -0.39 is 23.5 Å². The molecule has 7 nitrogen and oxygen atoms in total. The predicted octanol–water partition coefficient (Wildman–Crippen LogP) is 4.66. The fraction of sp³-hybridized carbons (Fsp3) is 0.714. The van der Waals surface area contributed by atoms with Crippen LogP contribution in [0.25, 0.3) is 0 Å². The fourth-order valence-electron chi connectivity index (χ4n) is 5.61. The summed E-state index contributed by atoms with van der Waals surface area (Å²) in [6, 6.07) is 5.46. The molecule has 9 heteroatoms. The summed E-state index contributed by atoms with van der Waals surface area (Å²) in [6.45, 7) is 10.9. The first kappa shape index (κ1) is 29.3. The minimum atomic E-state index is -2.61. The largest absolute Gasteiger partial charge is 0.444 e. The van der Waals surface area contributed by atoms with E-state index in [0.717, 1.165) is 11.1 Å². The SMILES string of the molecule is COC1Cc2ccc(C(N)=O)cc2C(C)(C)C1NCCN(CC1CCC(F)(F)CC1)C(=O)OC(C)(C)C. The fourth-order valence-corrected chi connectivity index (χ4v) is 5.61. The van der Waals surface area contributed by atoms with E-state index in [4.69, 9.17) is 15.2 Å². The van der Waals surface area contributed by atoms with Crippen LogP contribution in [0.5, 0.6) is 0 Å². The number of halogens is 2. The number of methoxy groups -OCH3 is 1. The molecule has 1 fully saturated rings. The summed E-state index contributed by atoms with van der Waals surface area (Å²) in [6.07, 6.45) is 0.623. The average Bonchev–Trinajstić information content (AvgIpc) is 2.79. The molecule has 1 saturated carbocycles. The van der Waals surface area contributed by atoms with Crippen molar-refractivity contribution in [2.24, 2.45) is 11.7 Å². The molecule has 0 bridgehead atoms. The molecule has 0 radical (unpaired) electrons. The molecule has 1 aromatic carbocycles. The lowest BCUT2D eigenvalue weighted by Crippen LogP contribution is -2.58. The van der Waals surface area contributed by atoms with E-state index in [2.05, 4.69) is 19.2 Å². The van der Waals surface area contributed by atoms with Crippen LogP contribution < -0.4 is 11.1 Å². The van der Waals surface area contributed by atoms with Gasteiger partial charge in [0.25, 0.3) is 0 Å². The van der Waals surface area contributed by atoms with Crippen molar-refractivity contribution in [3.05, 3.63) is 34.9 Å². The number of benzene rings is 1. The number of alkyl halides is 2. The molecule has 2 amide bonds. The number of ether oxygens (including phenoxy) is 2. The average molecular weight is 524 g/mol. The van der Waals surface area contributed by atoms with E-state index in [1.54, 1.807) is 18.1 Å². The predicted molar refractivity (Wildman–Crippen MR) is 139 cm³/mol. The van der Waals surface area contributed by atoms with Crippen LogP contribution in [0.4, 0.5) is 13.6 Å². The molecule has 0 aromatic heterocycles. The first-order valence-electron chi connectivity index (χ1n) is 13.2. The first-order valence-corrected chi connectivity index (χ1v) is 13.2. The van der Waals surface area contributed by atoms with Gasteiger partial charge in [0.2, 0.25) is 11.8 Å². The molecule has 3 rings (SSSR count). The number of amides is 2. The normalized spacial score (nSPS) is 23.2. The van der Waals surface area contributed by atoms with Crippen molar-refractivity contribution in [2.75, 3.05) is 26.7 Å². The Hall–Kier alpha value is -2.26. The molecule has 0 heterocycles. The highest BCUT2D eigenvalue weighted by molar-refractivity contribution is 5.93. The minimum Gasteiger partial charge on any atom is -0.444 e. The molecule has 0 saturated heterocycles. The third-order valence-electron chi connectivity index (χ3n) is 7.67. The molecule has 0 aliphatic heterocycles.